The molecule has 0 aliphatic rings. The smallest absolute Gasteiger partial charge is 0.358 e. The topological polar surface area (TPSA) is 114 Å². The molecule has 0 aromatic carbocycles. The number of imide groups is 1. The van der Waals surface area contributed by atoms with Crippen LogP contribution >= 0.6 is 0 Å². The van der Waals surface area contributed by atoms with Crippen LogP contribution in [-0.2, 0) is 0 Å². The van der Waals surface area contributed by atoms with Crippen LogP contribution in [-0.4, -0.2) is 28.4 Å². The summed E-state index contributed by atoms with van der Waals surface area (Å²) in [5.74, 6) is -1.17. The first-order chi connectivity index (χ1) is 8.04. The molecule has 8 heteroatoms. The van der Waals surface area contributed by atoms with E-state index in [1.807, 2.05) is 5.32 Å². The van der Waals surface area contributed by atoms with Gasteiger partial charge in [-0.05, 0) is 22.9 Å². The Balaban J connectivity index is 2.79. The highest BCUT2D eigenvalue weighted by molar-refractivity contribution is 6.04. The lowest BCUT2D eigenvalue weighted by atomic mass is 10.2. The van der Waals surface area contributed by atoms with Gasteiger partial charge in [-0.2, -0.15) is 0 Å². The molecule has 3 amide bonds. The normalized spacial score (nSPS) is 9.47. The van der Waals surface area contributed by atoms with Gasteiger partial charge in [0.1, 0.15) is 6.20 Å². The number of pyridine rings is 1. The fourth-order valence-electron chi connectivity index (χ4n) is 1.04. The predicted octanol–water partition coefficient (Wildman–Crippen LogP) is 0.449. The van der Waals surface area contributed by atoms with Crippen LogP contribution in [0.25, 0.3) is 0 Å². The van der Waals surface area contributed by atoms with Crippen LogP contribution < -0.4 is 10.6 Å². The third-order valence-corrected chi connectivity index (χ3v) is 1.76. The fraction of sp³-hybridized carbons (Fsp3) is 0.222. The van der Waals surface area contributed by atoms with Gasteiger partial charge in [0, 0.05) is 12.6 Å². The van der Waals surface area contributed by atoms with Gasteiger partial charge in [-0.3, -0.25) is 10.1 Å². The molecule has 0 saturated heterocycles. The lowest BCUT2D eigenvalue weighted by Gasteiger charge is -2.03. The number of amides is 3. The van der Waals surface area contributed by atoms with Gasteiger partial charge in [0.05, 0.1) is 5.56 Å². The minimum Gasteiger partial charge on any atom is -0.358 e. The van der Waals surface area contributed by atoms with Crippen LogP contribution in [0.5, 0.6) is 0 Å². The zero-order chi connectivity index (χ0) is 12.8. The van der Waals surface area contributed by atoms with Crippen LogP contribution in [0, 0.1) is 10.1 Å². The third kappa shape index (κ3) is 3.52. The molecule has 0 aliphatic carbocycles. The SMILES string of the molecule is CCNC(=O)NC(=O)c1ccnc([N+](=O)[O-])c1. The summed E-state index contributed by atoms with van der Waals surface area (Å²) in [6, 6.07) is 1.62. The minimum absolute atomic E-state index is 0.00190. The number of nitro groups is 1. The highest BCUT2D eigenvalue weighted by atomic mass is 16.6. The molecule has 1 rings (SSSR count). The Bertz CT molecular complexity index is 460. The number of rotatable bonds is 3. The molecule has 0 fully saturated rings. The number of nitrogens with one attached hydrogen (secondary N) is 2. The Morgan fingerprint density at radius 2 is 2.24 bits per heavy atom. The van der Waals surface area contributed by atoms with Gasteiger partial charge in [-0.1, -0.05) is 0 Å². The summed E-state index contributed by atoms with van der Waals surface area (Å²) in [5, 5.41) is 14.8. The first kappa shape index (κ1) is 12.6. The van der Waals surface area contributed by atoms with Crippen molar-refractivity contribution in [1.82, 2.24) is 15.6 Å². The van der Waals surface area contributed by atoms with Crippen molar-refractivity contribution < 1.29 is 14.5 Å². The van der Waals surface area contributed by atoms with Crippen LogP contribution in [0.15, 0.2) is 18.3 Å². The Morgan fingerprint density at radius 1 is 1.53 bits per heavy atom. The molecule has 0 spiro atoms. The van der Waals surface area contributed by atoms with Gasteiger partial charge in [0.25, 0.3) is 5.91 Å². The molecule has 2 N–H and O–H groups in total. The van der Waals surface area contributed by atoms with E-state index in [0.717, 1.165) is 12.3 Å². The van der Waals surface area contributed by atoms with Gasteiger partial charge < -0.3 is 15.4 Å². The second-order valence-corrected chi connectivity index (χ2v) is 2.97. The molecule has 1 aromatic rings. The summed E-state index contributed by atoms with van der Waals surface area (Å²) in [4.78, 5) is 35.7. The molecule has 8 nitrogen and oxygen atoms in total. The zero-order valence-electron chi connectivity index (χ0n) is 8.97. The average Bonchev–Trinajstić information content (AvgIpc) is 2.29. The standard InChI is InChI=1S/C9H10N4O4/c1-2-10-9(15)12-8(14)6-3-4-11-7(5-6)13(16)17/h3-5H,2H2,1H3,(H2,10,12,14,15). The number of aromatic nitrogens is 1. The highest BCUT2D eigenvalue weighted by Crippen LogP contribution is 2.08. The molecule has 1 heterocycles. The molecular formula is C9H10N4O4. The summed E-state index contributed by atoms with van der Waals surface area (Å²) >= 11 is 0. The largest absolute Gasteiger partial charge is 0.364 e. The van der Waals surface area contributed by atoms with Crippen LogP contribution in [0.2, 0.25) is 0 Å². The van der Waals surface area contributed by atoms with Crippen molar-refractivity contribution in [1.29, 1.82) is 0 Å². The second kappa shape index (κ2) is 5.54. The first-order valence-corrected chi connectivity index (χ1v) is 4.74. The maximum absolute atomic E-state index is 11.5. The van der Waals surface area contributed by atoms with Gasteiger partial charge in [-0.25, -0.2) is 4.79 Å². The monoisotopic (exact) mass is 238 g/mol. The summed E-state index contributed by atoms with van der Waals surface area (Å²) in [7, 11) is 0. The molecule has 0 atom stereocenters. The molecule has 0 bridgehead atoms. The third-order valence-electron chi connectivity index (χ3n) is 1.76. The summed E-state index contributed by atoms with van der Waals surface area (Å²) in [6.07, 6.45) is 1.13. The molecule has 0 unspecified atom stereocenters. The molecule has 90 valence electrons. The summed E-state index contributed by atoms with van der Waals surface area (Å²) < 4.78 is 0. The van der Waals surface area contributed by atoms with E-state index in [2.05, 4.69) is 10.3 Å². The second-order valence-electron chi connectivity index (χ2n) is 2.97. The van der Waals surface area contributed by atoms with E-state index in [1.54, 1.807) is 6.92 Å². The quantitative estimate of drug-likeness (QED) is 0.586. The first-order valence-electron chi connectivity index (χ1n) is 4.74. The predicted molar refractivity (Wildman–Crippen MR) is 57.4 cm³/mol. The van der Waals surface area contributed by atoms with Crippen molar-refractivity contribution in [2.24, 2.45) is 0 Å². The van der Waals surface area contributed by atoms with Gasteiger partial charge in [0.15, 0.2) is 0 Å². The Morgan fingerprint density at radius 3 is 2.82 bits per heavy atom. The molecule has 1 aromatic heterocycles. The zero-order valence-corrected chi connectivity index (χ0v) is 8.97. The maximum Gasteiger partial charge on any atom is 0.364 e. The van der Waals surface area contributed by atoms with E-state index in [9.17, 15) is 19.7 Å². The number of urea groups is 1. The molecule has 0 radical (unpaired) electrons. The number of carbonyl (C=O) groups is 2. The maximum atomic E-state index is 11.5. The molecule has 0 saturated carbocycles. The Kier molecular flexibility index (Phi) is 4.09. The molecule has 17 heavy (non-hydrogen) atoms. The van der Waals surface area contributed by atoms with Crippen molar-refractivity contribution in [3.63, 3.8) is 0 Å². The lowest BCUT2D eigenvalue weighted by Crippen LogP contribution is -2.39. The van der Waals surface area contributed by atoms with E-state index in [0.29, 0.717) is 6.54 Å². The lowest BCUT2D eigenvalue weighted by molar-refractivity contribution is -0.389. The number of hydrogen-bond donors (Lipinski definition) is 2. The van der Waals surface area contributed by atoms with Gasteiger partial charge in [-0.15, -0.1) is 0 Å². The van der Waals surface area contributed by atoms with Crippen molar-refractivity contribution >= 4 is 17.8 Å². The van der Waals surface area contributed by atoms with E-state index in [4.69, 9.17) is 0 Å². The Hall–Kier alpha value is -2.51. The molecular weight excluding hydrogens is 228 g/mol. The Labute approximate surface area is 96.2 Å². The van der Waals surface area contributed by atoms with E-state index < -0.39 is 22.7 Å². The van der Waals surface area contributed by atoms with E-state index in [1.165, 1.54) is 6.07 Å². The number of nitrogens with zero attached hydrogens (tertiary/aromatic N) is 2. The fourth-order valence-corrected chi connectivity index (χ4v) is 1.04. The van der Waals surface area contributed by atoms with Crippen LogP contribution in [0.3, 0.4) is 0 Å². The van der Waals surface area contributed by atoms with Crippen molar-refractivity contribution in [3.8, 4) is 0 Å². The van der Waals surface area contributed by atoms with E-state index >= 15 is 0 Å². The van der Waals surface area contributed by atoms with Crippen molar-refractivity contribution in [3.05, 3.63) is 34.0 Å². The average molecular weight is 238 g/mol. The minimum atomic E-state index is -0.721. The number of hydrogen-bond acceptors (Lipinski definition) is 5. The van der Waals surface area contributed by atoms with Crippen molar-refractivity contribution in [2.75, 3.05) is 6.54 Å². The van der Waals surface area contributed by atoms with Gasteiger partial charge in [0.2, 0.25) is 0 Å². The summed E-state index contributed by atoms with van der Waals surface area (Å²) in [5.41, 5.74) is -0.00190. The van der Waals surface area contributed by atoms with Crippen LogP contribution in [0.1, 0.15) is 17.3 Å². The van der Waals surface area contributed by atoms with Crippen LogP contribution in [0.4, 0.5) is 10.6 Å². The number of carbonyl (C=O) groups excluding carboxylic acids is 2. The van der Waals surface area contributed by atoms with Crippen molar-refractivity contribution in [2.45, 2.75) is 6.92 Å². The van der Waals surface area contributed by atoms with E-state index in [-0.39, 0.29) is 5.56 Å². The summed E-state index contributed by atoms with van der Waals surface area (Å²) in [6.45, 7) is 2.07. The molecule has 0 aliphatic heterocycles. The van der Waals surface area contributed by atoms with Gasteiger partial charge >= 0.3 is 11.8 Å². The highest BCUT2D eigenvalue weighted by Gasteiger charge is 2.14.